The van der Waals surface area contributed by atoms with Gasteiger partial charge in [0.15, 0.2) is 0 Å². The lowest BCUT2D eigenvalue weighted by Crippen LogP contribution is -2.04. The Bertz CT molecular complexity index is 868. The van der Waals surface area contributed by atoms with Gasteiger partial charge in [0.25, 0.3) is 0 Å². The standard InChI is InChI=1S/C16H11Cl2NO/c1-9-7-15(20)19-14-6-5-10(8-12(9)14)11-3-2-4-13(17)16(11)18/h2-8H,1H3,(H,19,20). The van der Waals surface area contributed by atoms with Gasteiger partial charge in [0.1, 0.15) is 0 Å². The Morgan fingerprint density at radius 1 is 1.05 bits per heavy atom. The zero-order chi connectivity index (χ0) is 14.3. The molecule has 2 aromatic carbocycles. The summed E-state index contributed by atoms with van der Waals surface area (Å²) >= 11 is 12.3. The first-order valence-corrected chi connectivity index (χ1v) is 6.90. The maximum atomic E-state index is 11.5. The van der Waals surface area contributed by atoms with Crippen LogP contribution in [0.25, 0.3) is 22.0 Å². The van der Waals surface area contributed by atoms with Crippen molar-refractivity contribution in [3.63, 3.8) is 0 Å². The maximum Gasteiger partial charge on any atom is 0.248 e. The largest absolute Gasteiger partial charge is 0.322 e. The second-order valence-corrected chi connectivity index (χ2v) is 5.46. The number of H-pyrrole nitrogens is 1. The van der Waals surface area contributed by atoms with Crippen molar-refractivity contribution in [1.29, 1.82) is 0 Å². The molecule has 0 amide bonds. The molecule has 0 saturated carbocycles. The smallest absolute Gasteiger partial charge is 0.248 e. The molecule has 100 valence electrons. The monoisotopic (exact) mass is 303 g/mol. The van der Waals surface area contributed by atoms with E-state index < -0.39 is 0 Å². The molecule has 0 saturated heterocycles. The fourth-order valence-electron chi connectivity index (χ4n) is 2.32. The predicted molar refractivity (Wildman–Crippen MR) is 84.8 cm³/mol. The van der Waals surface area contributed by atoms with Crippen molar-refractivity contribution in [2.24, 2.45) is 0 Å². The third-order valence-electron chi connectivity index (χ3n) is 3.31. The molecule has 0 spiro atoms. The summed E-state index contributed by atoms with van der Waals surface area (Å²) in [5, 5.41) is 2.07. The molecule has 0 unspecified atom stereocenters. The minimum atomic E-state index is -0.0939. The average molecular weight is 304 g/mol. The zero-order valence-corrected chi connectivity index (χ0v) is 12.2. The number of nitrogens with one attached hydrogen (secondary N) is 1. The van der Waals surface area contributed by atoms with E-state index in [-0.39, 0.29) is 5.56 Å². The van der Waals surface area contributed by atoms with Crippen LogP contribution >= 0.6 is 23.2 Å². The van der Waals surface area contributed by atoms with E-state index in [1.807, 2.05) is 37.3 Å². The molecule has 1 aromatic heterocycles. The molecule has 3 aromatic rings. The Hall–Kier alpha value is -1.77. The van der Waals surface area contributed by atoms with Crippen molar-refractivity contribution in [2.45, 2.75) is 6.92 Å². The molecular weight excluding hydrogens is 293 g/mol. The van der Waals surface area contributed by atoms with Gasteiger partial charge in [-0.3, -0.25) is 4.79 Å². The summed E-state index contributed by atoms with van der Waals surface area (Å²) in [6.45, 7) is 1.92. The van der Waals surface area contributed by atoms with E-state index in [0.717, 1.165) is 27.6 Å². The first kappa shape index (κ1) is 13.2. The molecule has 0 radical (unpaired) electrons. The van der Waals surface area contributed by atoms with Crippen LogP contribution in [0.3, 0.4) is 0 Å². The highest BCUT2D eigenvalue weighted by atomic mass is 35.5. The summed E-state index contributed by atoms with van der Waals surface area (Å²) < 4.78 is 0. The van der Waals surface area contributed by atoms with Crippen LogP contribution < -0.4 is 5.56 Å². The normalized spacial score (nSPS) is 10.9. The number of hydrogen-bond donors (Lipinski definition) is 1. The minimum absolute atomic E-state index is 0.0939. The number of aromatic amines is 1. The van der Waals surface area contributed by atoms with Gasteiger partial charge in [-0.05, 0) is 36.2 Å². The quantitative estimate of drug-likeness (QED) is 0.687. The average Bonchev–Trinajstić information content (AvgIpc) is 2.41. The van der Waals surface area contributed by atoms with Gasteiger partial charge < -0.3 is 4.98 Å². The van der Waals surface area contributed by atoms with E-state index in [0.29, 0.717) is 10.0 Å². The van der Waals surface area contributed by atoms with E-state index in [1.165, 1.54) is 0 Å². The van der Waals surface area contributed by atoms with Crippen LogP contribution in [0, 0.1) is 6.92 Å². The van der Waals surface area contributed by atoms with E-state index in [1.54, 1.807) is 12.1 Å². The van der Waals surface area contributed by atoms with Crippen LogP contribution in [0.1, 0.15) is 5.56 Å². The fourth-order valence-corrected chi connectivity index (χ4v) is 2.73. The molecule has 0 bridgehead atoms. The van der Waals surface area contributed by atoms with Crippen molar-refractivity contribution in [1.82, 2.24) is 4.98 Å². The molecule has 0 fully saturated rings. The van der Waals surface area contributed by atoms with E-state index in [4.69, 9.17) is 23.2 Å². The topological polar surface area (TPSA) is 32.9 Å². The summed E-state index contributed by atoms with van der Waals surface area (Å²) in [4.78, 5) is 14.3. The Labute approximate surface area is 126 Å². The summed E-state index contributed by atoms with van der Waals surface area (Å²) in [5.74, 6) is 0. The first-order chi connectivity index (χ1) is 9.56. The van der Waals surface area contributed by atoms with Gasteiger partial charge in [-0.15, -0.1) is 0 Å². The summed E-state index contributed by atoms with van der Waals surface area (Å²) in [6.07, 6.45) is 0. The van der Waals surface area contributed by atoms with Crippen LogP contribution in [-0.4, -0.2) is 4.98 Å². The number of fused-ring (bicyclic) bond motifs is 1. The molecule has 1 heterocycles. The van der Waals surface area contributed by atoms with Gasteiger partial charge in [0.2, 0.25) is 5.56 Å². The first-order valence-electron chi connectivity index (χ1n) is 6.14. The van der Waals surface area contributed by atoms with E-state index in [9.17, 15) is 4.79 Å². The summed E-state index contributed by atoms with van der Waals surface area (Å²) in [6, 6.07) is 13.0. The van der Waals surface area contributed by atoms with Crippen molar-refractivity contribution in [3.05, 3.63) is 68.4 Å². The summed E-state index contributed by atoms with van der Waals surface area (Å²) in [7, 11) is 0. The predicted octanol–water partition coefficient (Wildman–Crippen LogP) is 4.81. The molecule has 0 aliphatic rings. The van der Waals surface area contributed by atoms with Crippen LogP contribution in [0.2, 0.25) is 10.0 Å². The highest BCUT2D eigenvalue weighted by molar-refractivity contribution is 6.43. The summed E-state index contributed by atoms with van der Waals surface area (Å²) in [5.41, 5.74) is 3.51. The molecule has 0 aliphatic carbocycles. The Morgan fingerprint density at radius 2 is 1.85 bits per heavy atom. The van der Waals surface area contributed by atoms with Gasteiger partial charge in [-0.25, -0.2) is 0 Å². The van der Waals surface area contributed by atoms with Crippen molar-refractivity contribution < 1.29 is 0 Å². The van der Waals surface area contributed by atoms with Crippen LogP contribution in [-0.2, 0) is 0 Å². The number of benzene rings is 2. The second-order valence-electron chi connectivity index (χ2n) is 4.68. The molecule has 3 rings (SSSR count). The van der Waals surface area contributed by atoms with Gasteiger partial charge in [-0.2, -0.15) is 0 Å². The van der Waals surface area contributed by atoms with Gasteiger partial charge in [-0.1, -0.05) is 41.4 Å². The lowest BCUT2D eigenvalue weighted by Gasteiger charge is -2.08. The van der Waals surface area contributed by atoms with E-state index in [2.05, 4.69) is 4.98 Å². The lowest BCUT2D eigenvalue weighted by molar-refractivity contribution is 1.28. The number of hydrogen-bond acceptors (Lipinski definition) is 1. The SMILES string of the molecule is Cc1cc(=O)[nH]c2ccc(-c3cccc(Cl)c3Cl)cc12. The molecule has 0 aliphatic heterocycles. The number of aromatic nitrogens is 1. The van der Waals surface area contributed by atoms with Crippen LogP contribution in [0.15, 0.2) is 47.3 Å². The number of aryl methyl sites for hydroxylation is 1. The van der Waals surface area contributed by atoms with Crippen LogP contribution in [0.5, 0.6) is 0 Å². The molecule has 4 heteroatoms. The zero-order valence-electron chi connectivity index (χ0n) is 10.7. The van der Waals surface area contributed by atoms with Gasteiger partial charge in [0, 0.05) is 22.5 Å². The van der Waals surface area contributed by atoms with Gasteiger partial charge in [0.05, 0.1) is 10.0 Å². The Morgan fingerprint density at radius 3 is 2.65 bits per heavy atom. The number of halogens is 2. The minimum Gasteiger partial charge on any atom is -0.322 e. The number of rotatable bonds is 1. The van der Waals surface area contributed by atoms with Crippen molar-refractivity contribution in [3.8, 4) is 11.1 Å². The van der Waals surface area contributed by atoms with Crippen LogP contribution in [0.4, 0.5) is 0 Å². The van der Waals surface area contributed by atoms with Crippen molar-refractivity contribution >= 4 is 34.1 Å². The van der Waals surface area contributed by atoms with Gasteiger partial charge >= 0.3 is 0 Å². The lowest BCUT2D eigenvalue weighted by atomic mass is 10.0. The Balaban J connectivity index is 2.28. The number of pyridine rings is 1. The Kier molecular flexibility index (Phi) is 3.28. The highest BCUT2D eigenvalue weighted by Gasteiger charge is 2.08. The third kappa shape index (κ3) is 2.21. The van der Waals surface area contributed by atoms with E-state index >= 15 is 0 Å². The molecule has 1 N–H and O–H groups in total. The third-order valence-corrected chi connectivity index (χ3v) is 4.13. The second kappa shape index (κ2) is 4.97. The van der Waals surface area contributed by atoms with Crippen molar-refractivity contribution in [2.75, 3.05) is 0 Å². The molecule has 20 heavy (non-hydrogen) atoms. The molecule has 0 atom stereocenters. The molecular formula is C16H11Cl2NO. The maximum absolute atomic E-state index is 11.5. The highest BCUT2D eigenvalue weighted by Crippen LogP contribution is 2.34. The fraction of sp³-hybridized carbons (Fsp3) is 0.0625. The molecule has 2 nitrogen and oxygen atoms in total.